The lowest BCUT2D eigenvalue weighted by atomic mass is 10.2. The van der Waals surface area contributed by atoms with Gasteiger partial charge in [-0.25, -0.2) is 0 Å². The van der Waals surface area contributed by atoms with Crippen molar-refractivity contribution in [2.24, 2.45) is 4.99 Å². The number of aliphatic imine (C=N–C) groups is 1. The summed E-state index contributed by atoms with van der Waals surface area (Å²) >= 11 is 0. The number of fused-ring (bicyclic) bond motifs is 3. The van der Waals surface area contributed by atoms with Gasteiger partial charge in [0, 0.05) is 12.4 Å². The van der Waals surface area contributed by atoms with Crippen LogP contribution in [-0.2, 0) is 0 Å². The average Bonchev–Trinajstić information content (AvgIpc) is 2.77. The van der Waals surface area contributed by atoms with Gasteiger partial charge in [0.1, 0.15) is 5.69 Å². The van der Waals surface area contributed by atoms with Crippen molar-refractivity contribution in [2.45, 2.75) is 0 Å². The molecule has 3 rings (SSSR count). The van der Waals surface area contributed by atoms with E-state index in [2.05, 4.69) is 10.3 Å². The van der Waals surface area contributed by atoms with E-state index in [1.54, 1.807) is 7.05 Å². The highest BCUT2D eigenvalue weighted by molar-refractivity contribution is 6.17. The number of nitrogens with one attached hydrogen (secondary N) is 1. The lowest BCUT2D eigenvalue weighted by molar-refractivity contribution is 0.0981. The summed E-state index contributed by atoms with van der Waals surface area (Å²) < 4.78 is 1.84. The maximum absolute atomic E-state index is 11.6. The van der Waals surface area contributed by atoms with Crippen molar-refractivity contribution < 1.29 is 4.79 Å². The van der Waals surface area contributed by atoms with Gasteiger partial charge in [-0.05, 0) is 12.1 Å². The molecular weight excluding hydrogens is 190 g/mol. The van der Waals surface area contributed by atoms with Crippen molar-refractivity contribution in [1.29, 1.82) is 0 Å². The Bertz CT molecular complexity index is 595. The number of benzene rings is 1. The summed E-state index contributed by atoms with van der Waals surface area (Å²) in [6, 6.07) is 9.75. The van der Waals surface area contributed by atoms with Crippen molar-refractivity contribution in [3.05, 3.63) is 36.0 Å². The summed E-state index contributed by atoms with van der Waals surface area (Å²) in [6.07, 6.45) is 0. The SMILES string of the molecule is CN=C1NC(=O)c2cc3ccccc3n21. The Hall–Kier alpha value is -2.10. The Labute approximate surface area is 86.2 Å². The van der Waals surface area contributed by atoms with E-state index in [4.69, 9.17) is 0 Å². The van der Waals surface area contributed by atoms with E-state index in [-0.39, 0.29) is 5.91 Å². The summed E-state index contributed by atoms with van der Waals surface area (Å²) in [4.78, 5) is 15.6. The van der Waals surface area contributed by atoms with Gasteiger partial charge in [-0.2, -0.15) is 0 Å². The molecule has 15 heavy (non-hydrogen) atoms. The van der Waals surface area contributed by atoms with Crippen LogP contribution in [0.4, 0.5) is 0 Å². The summed E-state index contributed by atoms with van der Waals surface area (Å²) in [5.41, 5.74) is 1.66. The lowest BCUT2D eigenvalue weighted by Gasteiger charge is -2.00. The first-order chi connectivity index (χ1) is 7.31. The van der Waals surface area contributed by atoms with E-state index < -0.39 is 0 Å². The largest absolute Gasteiger partial charge is 0.291 e. The van der Waals surface area contributed by atoms with E-state index in [0.29, 0.717) is 11.7 Å². The molecule has 4 nitrogen and oxygen atoms in total. The summed E-state index contributed by atoms with van der Waals surface area (Å²) in [6.45, 7) is 0. The Morgan fingerprint density at radius 1 is 1.33 bits per heavy atom. The van der Waals surface area contributed by atoms with Gasteiger partial charge < -0.3 is 0 Å². The summed E-state index contributed by atoms with van der Waals surface area (Å²) in [5.74, 6) is 0.503. The highest BCUT2D eigenvalue weighted by atomic mass is 16.2. The van der Waals surface area contributed by atoms with Crippen molar-refractivity contribution in [2.75, 3.05) is 7.05 Å². The topological polar surface area (TPSA) is 46.4 Å². The minimum Gasteiger partial charge on any atom is -0.291 e. The average molecular weight is 199 g/mol. The molecule has 2 aromatic rings. The van der Waals surface area contributed by atoms with Crippen LogP contribution < -0.4 is 5.32 Å². The molecule has 74 valence electrons. The van der Waals surface area contributed by atoms with Gasteiger partial charge in [0.05, 0.1) is 5.52 Å². The third-order valence-electron chi connectivity index (χ3n) is 2.59. The third-order valence-corrected chi connectivity index (χ3v) is 2.59. The van der Waals surface area contributed by atoms with Crippen LogP contribution in [0.3, 0.4) is 0 Å². The Kier molecular flexibility index (Phi) is 1.48. The van der Waals surface area contributed by atoms with E-state index in [1.165, 1.54) is 0 Å². The highest BCUT2D eigenvalue weighted by Gasteiger charge is 2.26. The van der Waals surface area contributed by atoms with Gasteiger partial charge in [-0.1, -0.05) is 18.2 Å². The lowest BCUT2D eigenvalue weighted by Crippen LogP contribution is -2.24. The summed E-state index contributed by atoms with van der Waals surface area (Å²) in [5, 5.41) is 3.77. The number of amides is 1. The maximum Gasteiger partial charge on any atom is 0.275 e. The highest BCUT2D eigenvalue weighted by Crippen LogP contribution is 2.22. The molecule has 0 aliphatic carbocycles. The molecule has 1 N–H and O–H groups in total. The fourth-order valence-corrected chi connectivity index (χ4v) is 1.93. The number of aromatic nitrogens is 1. The second-order valence-electron chi connectivity index (χ2n) is 3.43. The molecule has 1 amide bonds. The molecule has 0 bridgehead atoms. The molecule has 0 fully saturated rings. The Morgan fingerprint density at radius 3 is 2.93 bits per heavy atom. The molecule has 0 atom stereocenters. The van der Waals surface area contributed by atoms with Gasteiger partial charge >= 0.3 is 0 Å². The molecule has 0 radical (unpaired) electrons. The van der Waals surface area contributed by atoms with Crippen LogP contribution >= 0.6 is 0 Å². The first kappa shape index (κ1) is 8.23. The Morgan fingerprint density at radius 2 is 2.13 bits per heavy atom. The molecule has 1 aromatic heterocycles. The predicted octanol–water partition coefficient (Wildman–Crippen LogP) is 1.22. The van der Waals surface area contributed by atoms with Crippen LogP contribution in [0, 0.1) is 0 Å². The fourth-order valence-electron chi connectivity index (χ4n) is 1.93. The predicted molar refractivity (Wildman–Crippen MR) is 58.2 cm³/mol. The minimum absolute atomic E-state index is 0.0909. The molecule has 4 heteroatoms. The van der Waals surface area contributed by atoms with Crippen molar-refractivity contribution >= 4 is 22.8 Å². The van der Waals surface area contributed by atoms with Crippen LogP contribution in [0.5, 0.6) is 0 Å². The maximum atomic E-state index is 11.6. The second kappa shape index (κ2) is 2.70. The molecule has 1 aliphatic heterocycles. The molecule has 0 unspecified atom stereocenters. The first-order valence-corrected chi connectivity index (χ1v) is 4.70. The molecule has 0 spiro atoms. The van der Waals surface area contributed by atoms with Gasteiger partial charge in [0.15, 0.2) is 0 Å². The second-order valence-corrected chi connectivity index (χ2v) is 3.43. The van der Waals surface area contributed by atoms with Crippen LogP contribution in [-0.4, -0.2) is 23.5 Å². The third kappa shape index (κ3) is 0.958. The Balaban J connectivity index is 2.45. The number of hydrogen-bond acceptors (Lipinski definition) is 2. The first-order valence-electron chi connectivity index (χ1n) is 4.70. The van der Waals surface area contributed by atoms with Gasteiger partial charge in [-0.3, -0.25) is 19.7 Å². The minimum atomic E-state index is -0.0909. The van der Waals surface area contributed by atoms with E-state index >= 15 is 0 Å². The molecule has 0 saturated heterocycles. The smallest absolute Gasteiger partial charge is 0.275 e. The van der Waals surface area contributed by atoms with Crippen molar-refractivity contribution in [3.63, 3.8) is 0 Å². The van der Waals surface area contributed by atoms with E-state index in [9.17, 15) is 4.79 Å². The number of para-hydroxylation sites is 1. The van der Waals surface area contributed by atoms with Crippen molar-refractivity contribution in [3.8, 4) is 0 Å². The number of carbonyl (C=O) groups is 1. The zero-order chi connectivity index (χ0) is 10.4. The zero-order valence-corrected chi connectivity index (χ0v) is 8.19. The van der Waals surface area contributed by atoms with Gasteiger partial charge in [0.2, 0.25) is 5.96 Å². The van der Waals surface area contributed by atoms with E-state index in [1.807, 2.05) is 34.9 Å². The number of carbonyl (C=O) groups excluding carboxylic acids is 1. The zero-order valence-electron chi connectivity index (χ0n) is 8.19. The van der Waals surface area contributed by atoms with Crippen LogP contribution in [0.25, 0.3) is 10.9 Å². The van der Waals surface area contributed by atoms with Crippen molar-refractivity contribution in [1.82, 2.24) is 9.88 Å². The number of nitrogens with zero attached hydrogens (tertiary/aromatic N) is 2. The summed E-state index contributed by atoms with van der Waals surface area (Å²) in [7, 11) is 1.67. The fraction of sp³-hybridized carbons (Fsp3) is 0.0909. The van der Waals surface area contributed by atoms with E-state index in [0.717, 1.165) is 10.9 Å². The van der Waals surface area contributed by atoms with Crippen LogP contribution in [0.15, 0.2) is 35.3 Å². The molecule has 0 saturated carbocycles. The normalized spacial score (nSPS) is 17.1. The molecule has 2 heterocycles. The number of hydrogen-bond donors (Lipinski definition) is 1. The van der Waals surface area contributed by atoms with Crippen LogP contribution in [0.2, 0.25) is 0 Å². The molecular formula is C11H9N3O. The van der Waals surface area contributed by atoms with Gasteiger partial charge in [0.25, 0.3) is 5.91 Å². The monoisotopic (exact) mass is 199 g/mol. The molecule has 1 aromatic carbocycles. The van der Waals surface area contributed by atoms with Crippen LogP contribution in [0.1, 0.15) is 10.5 Å². The molecule has 1 aliphatic rings. The standard InChI is InChI=1S/C11H9N3O/c1-12-11-13-10(15)9-6-7-4-2-3-5-8(7)14(9)11/h2-6H,1H3,(H,12,13,15). The van der Waals surface area contributed by atoms with Gasteiger partial charge in [-0.15, -0.1) is 0 Å². The quantitative estimate of drug-likeness (QED) is 0.681. The number of rotatable bonds is 0.